The molecule has 5 nitrogen and oxygen atoms in total. The molecule has 0 saturated carbocycles. The minimum Gasteiger partial charge on any atom is -0.344 e. The van der Waals surface area contributed by atoms with Gasteiger partial charge in [-0.2, -0.15) is 4.58 Å². The number of nitrogens with one attached hydrogen (secondary N) is 2. The van der Waals surface area contributed by atoms with Crippen LogP contribution < -0.4 is 21.8 Å². The summed E-state index contributed by atoms with van der Waals surface area (Å²) in [5.74, 6) is 0.878. The van der Waals surface area contributed by atoms with Crippen LogP contribution in [0.5, 0.6) is 0 Å². The predicted molar refractivity (Wildman–Crippen MR) is 61.5 cm³/mol. The maximum Gasteiger partial charge on any atom is 0.518 e. The minimum absolute atomic E-state index is 0.396. The van der Waals surface area contributed by atoms with Gasteiger partial charge < -0.3 is 11.1 Å². The van der Waals surface area contributed by atoms with Gasteiger partial charge in [-0.3, -0.25) is 0 Å². The van der Waals surface area contributed by atoms with E-state index >= 15 is 0 Å². The Morgan fingerprint density at radius 3 is 2.33 bits per heavy atom. The predicted octanol–water partition coefficient (Wildman–Crippen LogP) is -1.92. The summed E-state index contributed by atoms with van der Waals surface area (Å²) >= 11 is 0. The normalized spacial score (nSPS) is 10.9. The molecule has 0 aromatic heterocycles. The summed E-state index contributed by atoms with van der Waals surface area (Å²) in [5, 5.41) is 2.98. The van der Waals surface area contributed by atoms with Crippen LogP contribution in [0.25, 0.3) is 0 Å². The van der Waals surface area contributed by atoms with Crippen molar-refractivity contribution < 1.29 is 9.57 Å². The molecule has 0 heterocycles. The molecule has 0 aliphatic rings. The highest BCUT2D eigenvalue weighted by Crippen LogP contribution is 2.02. The van der Waals surface area contributed by atoms with Crippen LogP contribution in [0.15, 0.2) is 30.3 Å². The van der Waals surface area contributed by atoms with E-state index in [1.165, 1.54) is 0 Å². The Morgan fingerprint density at radius 1 is 1.20 bits per heavy atom. The summed E-state index contributed by atoms with van der Waals surface area (Å²) in [6, 6.07) is 9.62. The van der Waals surface area contributed by atoms with Crippen molar-refractivity contribution in [1.82, 2.24) is 0 Å². The van der Waals surface area contributed by atoms with Crippen LogP contribution in [0.2, 0.25) is 0 Å². The Labute approximate surface area is 89.1 Å². The van der Waals surface area contributed by atoms with Gasteiger partial charge in [0.1, 0.15) is 14.1 Å². The van der Waals surface area contributed by atoms with Crippen LogP contribution >= 0.6 is 0 Å². The lowest BCUT2D eigenvalue weighted by Crippen LogP contribution is -2.85. The monoisotopic (exact) mass is 207 g/mol. The largest absolute Gasteiger partial charge is 0.518 e. The Kier molecular flexibility index (Phi) is 3.68. The van der Waals surface area contributed by atoms with Crippen LogP contribution in [-0.4, -0.2) is 30.6 Å². The first-order valence-electron chi connectivity index (χ1n) is 4.61. The third kappa shape index (κ3) is 3.68. The van der Waals surface area contributed by atoms with Crippen molar-refractivity contribution in [1.29, 1.82) is 0 Å². The highest BCUT2D eigenvalue weighted by Gasteiger charge is 2.06. The number of anilines is 1. The van der Waals surface area contributed by atoms with E-state index in [1.54, 1.807) is 4.58 Å². The van der Waals surface area contributed by atoms with Gasteiger partial charge in [0.25, 0.3) is 0 Å². The first kappa shape index (κ1) is 11.0. The van der Waals surface area contributed by atoms with Crippen molar-refractivity contribution in [3.8, 4) is 0 Å². The fraction of sp³-hybridized carbons (Fsp3) is 0.200. The third-order valence-electron chi connectivity index (χ3n) is 1.80. The number of nitrogens with zero attached hydrogens (tertiary/aromatic N) is 1. The molecule has 0 bridgehead atoms. The minimum atomic E-state index is 0.396. The van der Waals surface area contributed by atoms with Crippen molar-refractivity contribution >= 4 is 17.6 Å². The number of hydrogen-bond donors (Lipinski definition) is 4. The van der Waals surface area contributed by atoms with Gasteiger partial charge in [-0.1, -0.05) is 18.2 Å². The molecule has 0 amide bonds. The average molecular weight is 207 g/mol. The summed E-state index contributed by atoms with van der Waals surface area (Å²) in [6.07, 6.45) is 0. The van der Waals surface area contributed by atoms with Gasteiger partial charge in [0.05, 0.1) is 0 Å². The summed E-state index contributed by atoms with van der Waals surface area (Å²) < 4.78 is 1.74. The molecule has 0 aliphatic carbocycles. The average Bonchev–Trinajstić information content (AvgIpc) is 2.18. The summed E-state index contributed by atoms with van der Waals surface area (Å²) in [7, 11) is 3.66. The van der Waals surface area contributed by atoms with E-state index in [0.29, 0.717) is 11.9 Å². The lowest BCUT2D eigenvalue weighted by Gasteiger charge is -2.00. The second-order valence-electron chi connectivity index (χ2n) is 3.31. The van der Waals surface area contributed by atoms with Gasteiger partial charge >= 0.3 is 11.9 Å². The number of rotatable bonds is 1. The number of para-hydroxylation sites is 1. The second-order valence-corrected chi connectivity index (χ2v) is 3.31. The van der Waals surface area contributed by atoms with Crippen molar-refractivity contribution in [3.05, 3.63) is 30.3 Å². The molecule has 1 aromatic carbocycles. The molecule has 6 N–H and O–H groups in total. The topological polar surface area (TPSA) is 81.0 Å². The lowest BCUT2D eigenvalue weighted by atomic mass is 10.3. The SMILES string of the molecule is C[N+](C)=C(N)[NH+]=C(N)Nc1ccccc1. The molecule has 0 spiro atoms. The first-order valence-corrected chi connectivity index (χ1v) is 4.61. The Balaban J connectivity index is 2.72. The number of guanidine groups is 2. The smallest absolute Gasteiger partial charge is 0.344 e. The zero-order valence-electron chi connectivity index (χ0n) is 8.99. The molecular formula is C10H17N5+2. The van der Waals surface area contributed by atoms with Crippen molar-refractivity contribution in [3.63, 3.8) is 0 Å². The van der Waals surface area contributed by atoms with Crippen LogP contribution in [0, 0.1) is 0 Å². The quantitative estimate of drug-likeness (QED) is 0.246. The third-order valence-corrected chi connectivity index (χ3v) is 1.80. The fourth-order valence-corrected chi connectivity index (χ4v) is 0.958. The van der Waals surface area contributed by atoms with Crippen molar-refractivity contribution in [2.45, 2.75) is 0 Å². The van der Waals surface area contributed by atoms with E-state index in [4.69, 9.17) is 11.5 Å². The summed E-state index contributed by atoms with van der Waals surface area (Å²) in [6.45, 7) is 0. The van der Waals surface area contributed by atoms with E-state index in [-0.39, 0.29) is 0 Å². The number of nitrogens with two attached hydrogens (primary N) is 2. The standard InChI is InChI=1S/C10H15N5/c1-15(2)10(12)14-9(11)13-8-6-4-3-5-7-8/h3-7H,1-2H3,(H4,11,12,13,14)/p+2. The van der Waals surface area contributed by atoms with Crippen LogP contribution in [0.1, 0.15) is 0 Å². The van der Waals surface area contributed by atoms with Gasteiger partial charge in [0.15, 0.2) is 0 Å². The molecule has 5 heteroatoms. The summed E-state index contributed by atoms with van der Waals surface area (Å²) in [5.41, 5.74) is 12.3. The number of hydrogen-bond acceptors (Lipinski definition) is 0. The van der Waals surface area contributed by atoms with Gasteiger partial charge in [0.2, 0.25) is 0 Å². The molecular weight excluding hydrogens is 190 g/mol. The molecule has 0 aliphatic heterocycles. The Bertz CT molecular complexity index is 376. The van der Waals surface area contributed by atoms with Crippen molar-refractivity contribution in [2.75, 3.05) is 19.4 Å². The molecule has 0 unspecified atom stereocenters. The molecule has 1 rings (SSSR count). The zero-order chi connectivity index (χ0) is 11.3. The molecule has 80 valence electrons. The molecule has 1 aromatic rings. The van der Waals surface area contributed by atoms with Crippen molar-refractivity contribution in [2.24, 2.45) is 11.5 Å². The van der Waals surface area contributed by atoms with E-state index in [1.807, 2.05) is 44.4 Å². The van der Waals surface area contributed by atoms with Gasteiger partial charge in [0, 0.05) is 5.69 Å². The Hall–Kier alpha value is -2.04. The van der Waals surface area contributed by atoms with Gasteiger partial charge in [-0.25, -0.2) is 5.73 Å². The molecule has 0 saturated heterocycles. The van der Waals surface area contributed by atoms with Crippen LogP contribution in [0.3, 0.4) is 0 Å². The second kappa shape index (κ2) is 4.99. The number of benzene rings is 1. The van der Waals surface area contributed by atoms with E-state index in [9.17, 15) is 0 Å². The van der Waals surface area contributed by atoms with E-state index < -0.39 is 0 Å². The highest BCUT2D eigenvalue weighted by molar-refractivity contribution is 5.90. The molecule has 15 heavy (non-hydrogen) atoms. The highest BCUT2D eigenvalue weighted by atomic mass is 15.2. The maximum atomic E-state index is 5.71. The molecule has 0 atom stereocenters. The lowest BCUT2D eigenvalue weighted by molar-refractivity contribution is -0.526. The van der Waals surface area contributed by atoms with E-state index in [0.717, 1.165) is 5.69 Å². The Morgan fingerprint density at radius 2 is 1.80 bits per heavy atom. The zero-order valence-corrected chi connectivity index (χ0v) is 8.99. The van der Waals surface area contributed by atoms with Crippen LogP contribution in [0.4, 0.5) is 5.69 Å². The maximum absolute atomic E-state index is 5.71. The molecule has 0 fully saturated rings. The van der Waals surface area contributed by atoms with E-state index in [2.05, 4.69) is 10.3 Å². The fourth-order valence-electron chi connectivity index (χ4n) is 0.958. The van der Waals surface area contributed by atoms with Crippen LogP contribution in [-0.2, 0) is 0 Å². The van der Waals surface area contributed by atoms with Gasteiger partial charge in [-0.15, -0.1) is 4.99 Å². The molecule has 0 radical (unpaired) electrons. The first-order chi connectivity index (χ1) is 7.09. The summed E-state index contributed by atoms with van der Waals surface area (Å²) in [4.78, 5) is 2.83. The van der Waals surface area contributed by atoms with Gasteiger partial charge in [-0.05, 0) is 12.1 Å².